The van der Waals surface area contributed by atoms with E-state index >= 15 is 0 Å². The van der Waals surface area contributed by atoms with E-state index in [1.807, 2.05) is 25.2 Å². The Morgan fingerprint density at radius 1 is 1.00 bits per heavy atom. The Morgan fingerprint density at radius 3 is 2.74 bits per heavy atom. The molecule has 10 heteroatoms. The molecule has 0 amide bonds. The molecular weight excluding hydrogens is 402 g/mol. The molecular formula is C21H16F2N8. The quantitative estimate of drug-likeness (QED) is 0.470. The number of anilines is 2. The summed E-state index contributed by atoms with van der Waals surface area (Å²) in [5.74, 6) is 0.145. The predicted molar refractivity (Wildman–Crippen MR) is 110 cm³/mol. The van der Waals surface area contributed by atoms with E-state index in [9.17, 15) is 8.78 Å². The van der Waals surface area contributed by atoms with Gasteiger partial charge in [0, 0.05) is 37.4 Å². The van der Waals surface area contributed by atoms with Crippen molar-refractivity contribution >= 4 is 17.3 Å². The lowest BCUT2D eigenvalue weighted by Gasteiger charge is -2.08. The SMILES string of the molecule is Cn1nccc1Nc1cc(-c2cc3nnc(Cc4cccc(F)c4F)n3cn2)ccn1. The van der Waals surface area contributed by atoms with E-state index in [2.05, 4.69) is 30.6 Å². The highest BCUT2D eigenvalue weighted by Crippen LogP contribution is 2.23. The van der Waals surface area contributed by atoms with E-state index in [0.29, 0.717) is 23.0 Å². The number of rotatable bonds is 5. The molecule has 0 unspecified atom stereocenters. The van der Waals surface area contributed by atoms with Crippen molar-refractivity contribution in [3.05, 3.63) is 84.2 Å². The van der Waals surface area contributed by atoms with Crippen molar-refractivity contribution in [2.45, 2.75) is 6.42 Å². The molecule has 0 saturated carbocycles. The van der Waals surface area contributed by atoms with E-state index in [1.54, 1.807) is 33.9 Å². The average molecular weight is 418 g/mol. The second kappa shape index (κ2) is 7.56. The molecule has 1 N–H and O–H groups in total. The second-order valence-electron chi connectivity index (χ2n) is 6.90. The van der Waals surface area contributed by atoms with E-state index in [-0.39, 0.29) is 12.0 Å². The highest BCUT2D eigenvalue weighted by Gasteiger charge is 2.14. The van der Waals surface area contributed by atoms with Crippen molar-refractivity contribution in [2.24, 2.45) is 7.05 Å². The van der Waals surface area contributed by atoms with Crippen molar-refractivity contribution in [1.82, 2.24) is 34.3 Å². The fourth-order valence-electron chi connectivity index (χ4n) is 3.26. The van der Waals surface area contributed by atoms with Crippen molar-refractivity contribution in [3.63, 3.8) is 0 Å². The second-order valence-corrected chi connectivity index (χ2v) is 6.90. The summed E-state index contributed by atoms with van der Waals surface area (Å²) in [7, 11) is 1.83. The Morgan fingerprint density at radius 2 is 1.90 bits per heavy atom. The number of nitrogens with zero attached hydrogens (tertiary/aromatic N) is 7. The highest BCUT2D eigenvalue weighted by atomic mass is 19.2. The lowest BCUT2D eigenvalue weighted by molar-refractivity contribution is 0.500. The maximum atomic E-state index is 14.0. The zero-order valence-corrected chi connectivity index (χ0v) is 16.4. The minimum Gasteiger partial charge on any atom is -0.325 e. The molecule has 4 aromatic heterocycles. The Kier molecular flexibility index (Phi) is 4.58. The highest BCUT2D eigenvalue weighted by molar-refractivity contribution is 5.67. The third-order valence-corrected chi connectivity index (χ3v) is 4.88. The molecule has 0 aliphatic heterocycles. The Balaban J connectivity index is 1.44. The Labute approximate surface area is 175 Å². The minimum absolute atomic E-state index is 0.0970. The maximum Gasteiger partial charge on any atom is 0.164 e. The molecule has 5 rings (SSSR count). The normalized spacial score (nSPS) is 11.2. The number of benzene rings is 1. The van der Waals surface area contributed by atoms with E-state index in [4.69, 9.17) is 0 Å². The average Bonchev–Trinajstić information content (AvgIpc) is 3.37. The number of hydrogen-bond acceptors (Lipinski definition) is 6. The third-order valence-electron chi connectivity index (χ3n) is 4.88. The van der Waals surface area contributed by atoms with Crippen molar-refractivity contribution in [1.29, 1.82) is 0 Å². The van der Waals surface area contributed by atoms with E-state index < -0.39 is 11.6 Å². The number of aromatic nitrogens is 7. The molecule has 8 nitrogen and oxygen atoms in total. The molecule has 4 heterocycles. The first-order valence-electron chi connectivity index (χ1n) is 9.42. The lowest BCUT2D eigenvalue weighted by Crippen LogP contribution is -2.02. The molecule has 0 aliphatic rings. The van der Waals surface area contributed by atoms with Crippen LogP contribution in [-0.2, 0) is 13.5 Å². The number of fused-ring (bicyclic) bond motifs is 1. The maximum absolute atomic E-state index is 14.0. The van der Waals surface area contributed by atoms with Crippen LogP contribution < -0.4 is 5.32 Å². The van der Waals surface area contributed by atoms with E-state index in [1.165, 1.54) is 12.1 Å². The van der Waals surface area contributed by atoms with Gasteiger partial charge in [-0.3, -0.25) is 9.08 Å². The van der Waals surface area contributed by atoms with Gasteiger partial charge in [-0.2, -0.15) is 5.10 Å². The molecule has 0 bridgehead atoms. The molecule has 31 heavy (non-hydrogen) atoms. The fourth-order valence-corrected chi connectivity index (χ4v) is 3.26. The van der Waals surface area contributed by atoms with Gasteiger partial charge in [-0.15, -0.1) is 10.2 Å². The van der Waals surface area contributed by atoms with Crippen LogP contribution in [0.1, 0.15) is 11.4 Å². The number of aryl methyl sites for hydroxylation is 1. The van der Waals surface area contributed by atoms with Crippen LogP contribution in [0.3, 0.4) is 0 Å². The smallest absolute Gasteiger partial charge is 0.164 e. The molecule has 0 radical (unpaired) electrons. The topological polar surface area (TPSA) is 85.8 Å². The van der Waals surface area contributed by atoms with Gasteiger partial charge in [0.1, 0.15) is 23.8 Å². The molecule has 0 atom stereocenters. The minimum atomic E-state index is -0.889. The summed E-state index contributed by atoms with van der Waals surface area (Å²) in [6.45, 7) is 0. The van der Waals surface area contributed by atoms with Crippen LogP contribution >= 0.6 is 0 Å². The van der Waals surface area contributed by atoms with Gasteiger partial charge in [0.05, 0.1) is 11.9 Å². The summed E-state index contributed by atoms with van der Waals surface area (Å²) < 4.78 is 30.9. The van der Waals surface area contributed by atoms with Gasteiger partial charge in [0.15, 0.2) is 17.3 Å². The molecule has 0 saturated heterocycles. The van der Waals surface area contributed by atoms with Gasteiger partial charge in [0.25, 0.3) is 0 Å². The summed E-state index contributed by atoms with van der Waals surface area (Å²) in [6.07, 6.45) is 5.05. The summed E-state index contributed by atoms with van der Waals surface area (Å²) >= 11 is 0. The van der Waals surface area contributed by atoms with Crippen LogP contribution in [0.25, 0.3) is 16.9 Å². The van der Waals surface area contributed by atoms with Crippen LogP contribution in [0.4, 0.5) is 20.4 Å². The van der Waals surface area contributed by atoms with Crippen LogP contribution in [0.15, 0.2) is 61.2 Å². The zero-order chi connectivity index (χ0) is 21.4. The van der Waals surface area contributed by atoms with Crippen LogP contribution in [-0.4, -0.2) is 34.3 Å². The third kappa shape index (κ3) is 3.59. The lowest BCUT2D eigenvalue weighted by atomic mass is 10.1. The van der Waals surface area contributed by atoms with Crippen molar-refractivity contribution in [3.8, 4) is 11.3 Å². The summed E-state index contributed by atoms with van der Waals surface area (Å²) in [4.78, 5) is 8.82. The fraction of sp³-hybridized carbons (Fsp3) is 0.0952. The van der Waals surface area contributed by atoms with Crippen molar-refractivity contribution in [2.75, 3.05) is 5.32 Å². The van der Waals surface area contributed by atoms with Crippen molar-refractivity contribution < 1.29 is 8.78 Å². The van der Waals surface area contributed by atoms with Gasteiger partial charge in [-0.25, -0.2) is 18.7 Å². The molecule has 154 valence electrons. The van der Waals surface area contributed by atoms with Gasteiger partial charge in [-0.05, 0) is 23.8 Å². The first-order valence-corrected chi connectivity index (χ1v) is 9.42. The van der Waals surface area contributed by atoms with Gasteiger partial charge < -0.3 is 5.32 Å². The standard InChI is InChI=1S/C21H16F2N8/c1-30-18(6-8-26-30)27-17-9-13(5-7-24-17)16-11-20-29-28-19(31(20)12-25-16)10-14-3-2-4-15(22)21(14)23/h2-9,11-12H,10H2,1H3,(H,24,27). The van der Waals surface area contributed by atoms with Crippen LogP contribution in [0.5, 0.6) is 0 Å². The molecule has 0 aliphatic carbocycles. The van der Waals surface area contributed by atoms with Crippen LogP contribution in [0.2, 0.25) is 0 Å². The van der Waals surface area contributed by atoms with E-state index in [0.717, 1.165) is 17.4 Å². The predicted octanol–water partition coefficient (Wildman–Crippen LogP) is 3.53. The van der Waals surface area contributed by atoms with Crippen LogP contribution in [0, 0.1) is 11.6 Å². The molecule has 0 fully saturated rings. The summed E-state index contributed by atoms with van der Waals surface area (Å²) in [6, 6.07) is 11.4. The monoisotopic (exact) mass is 418 g/mol. The first kappa shape index (κ1) is 18.8. The van der Waals surface area contributed by atoms with Gasteiger partial charge >= 0.3 is 0 Å². The molecule has 1 aromatic carbocycles. The summed E-state index contributed by atoms with van der Waals surface area (Å²) in [5, 5.41) is 15.6. The number of halogens is 2. The number of nitrogens with one attached hydrogen (secondary N) is 1. The largest absolute Gasteiger partial charge is 0.325 e. The Bertz CT molecular complexity index is 1390. The Hall–Kier alpha value is -4.21. The summed E-state index contributed by atoms with van der Waals surface area (Å²) in [5.41, 5.74) is 2.27. The molecule has 5 aromatic rings. The number of hydrogen-bond donors (Lipinski definition) is 1. The first-order chi connectivity index (χ1) is 15.1. The molecule has 0 spiro atoms. The zero-order valence-electron chi connectivity index (χ0n) is 16.4. The van der Waals surface area contributed by atoms with Gasteiger partial charge in [-0.1, -0.05) is 12.1 Å². The van der Waals surface area contributed by atoms with Gasteiger partial charge in [0.2, 0.25) is 0 Å². The number of pyridine rings is 1.